The average molecular weight is 1320 g/mol. The van der Waals surface area contributed by atoms with Gasteiger partial charge in [-0.15, -0.1) is 0 Å². The largest absolute Gasteiger partial charge is 0.359 e. The van der Waals surface area contributed by atoms with E-state index in [4.69, 9.17) is 28.3 Å². The Morgan fingerprint density at radius 1 is 0.621 bits per heavy atom. The van der Waals surface area contributed by atoms with Gasteiger partial charge in [-0.2, -0.15) is 30.0 Å². The van der Waals surface area contributed by atoms with Crippen LogP contribution >= 0.6 is 23.2 Å². The van der Waals surface area contributed by atoms with Crippen LogP contribution < -0.4 is 48.6 Å². The Morgan fingerprint density at radius 2 is 1.24 bits per heavy atom. The van der Waals surface area contributed by atoms with Gasteiger partial charge in [0.15, 0.2) is 29.8 Å². The first-order chi connectivity index (χ1) is 45.8. The number of anilines is 4. The lowest BCUT2D eigenvalue weighted by atomic mass is 9.99. The van der Waals surface area contributed by atoms with Crippen molar-refractivity contribution < 1.29 is 31.7 Å². The van der Waals surface area contributed by atoms with Crippen molar-refractivity contribution in [1.29, 1.82) is 5.26 Å². The summed E-state index contributed by atoms with van der Waals surface area (Å²) in [6.45, 7) is -1.15. The monoisotopic (exact) mass is 1320 g/mol. The standard InChI is InChI=1S/C66H49Cl2F4N17O6/c1-83-30-43-42-25-76-54(90)11-3-2-6-36-7-5-10-39-29-84(32-53(57(36)39)89-64(93)80-62(78-60(42)46(68)21-50(43)81-83)87(66(89)95)28-35-19-48(70)58(72)49(71)20-35)33-85-31-44-41-16-17-75-55(91)15-13-37-8-4-9-38-24-74-26-52(56(37)38)88-63(92)79-61(77-59(41)45(67)22-51(44)82-85)86(65(88)94)27-34-12-14-47(69)40(18-34)23-73/h4-5,7-10,12,14,18-22,24,26,29-32H,2-3,6,11,13,15-17,25,27-28,33H2,1H3,(H3-,75,76,77,78,79,80,90,91,92,93)/p+1. The summed E-state index contributed by atoms with van der Waals surface area (Å²) in [5.41, 5.74) is -0.812. The summed E-state index contributed by atoms with van der Waals surface area (Å²) >= 11 is 14.2. The number of carbonyl (C=O) groups is 2. The summed E-state index contributed by atoms with van der Waals surface area (Å²) in [6.07, 6.45) is 11.4. The van der Waals surface area contributed by atoms with E-state index in [-0.39, 0.29) is 114 Å². The predicted molar refractivity (Wildman–Crippen MR) is 344 cm³/mol. The molecule has 4 aliphatic rings. The van der Waals surface area contributed by atoms with Crippen molar-refractivity contribution in [1.82, 2.24) is 63.4 Å². The third-order valence-corrected chi connectivity index (χ3v) is 17.5. The summed E-state index contributed by atoms with van der Waals surface area (Å²) in [4.78, 5) is 101. The van der Waals surface area contributed by atoms with E-state index < -0.39 is 58.5 Å². The van der Waals surface area contributed by atoms with Gasteiger partial charge >= 0.3 is 22.8 Å². The zero-order valence-corrected chi connectivity index (χ0v) is 51.5. The Morgan fingerprint density at radius 3 is 1.96 bits per heavy atom. The summed E-state index contributed by atoms with van der Waals surface area (Å²) in [5.74, 6) is -6.89. The number of aromatic nitrogens is 12. The lowest BCUT2D eigenvalue weighted by Gasteiger charge is -2.20. The highest BCUT2D eigenvalue weighted by Gasteiger charge is 2.28. The molecule has 0 unspecified atom stereocenters. The van der Waals surface area contributed by atoms with E-state index >= 15 is 23.2 Å². The fourth-order valence-electron chi connectivity index (χ4n) is 12.6. The molecule has 0 saturated heterocycles. The number of pyridine rings is 2. The van der Waals surface area contributed by atoms with Crippen LogP contribution in [0.4, 0.5) is 40.8 Å². The Balaban J connectivity index is 0.920. The first-order valence-electron chi connectivity index (χ1n) is 29.9. The van der Waals surface area contributed by atoms with Crippen molar-refractivity contribution in [2.45, 2.75) is 71.2 Å². The van der Waals surface area contributed by atoms with E-state index in [1.165, 1.54) is 24.5 Å². The average Bonchev–Trinajstić information content (AvgIpc) is 1.86. The number of hydrogen-bond acceptors (Lipinski definition) is 14. The second-order valence-electron chi connectivity index (χ2n) is 23.1. The maximum absolute atomic E-state index is 15.6. The molecule has 0 saturated carbocycles. The number of aryl methyl sites for hydroxylation is 3. The van der Waals surface area contributed by atoms with Crippen molar-refractivity contribution in [2.24, 2.45) is 7.05 Å². The van der Waals surface area contributed by atoms with Crippen LogP contribution in [0.2, 0.25) is 10.0 Å². The first-order valence-corrected chi connectivity index (χ1v) is 30.6. The van der Waals surface area contributed by atoms with Crippen LogP contribution in [-0.4, -0.2) is 71.1 Å². The number of nitriles is 1. The maximum atomic E-state index is 15.6. The normalized spacial score (nSPS) is 13.7. The molecule has 10 heterocycles. The van der Waals surface area contributed by atoms with Crippen LogP contribution in [0.5, 0.6) is 0 Å². The molecule has 16 rings (SSSR count). The SMILES string of the molecule is Cn1cc2c3c(c(Cl)cc2n1)Nc1nc(=O)n(c(=O)n1Cc1cc(F)c(F)c(F)c1)-c1c[n+](Cn2cc4c5c(c(Cl)cc4n2)Nc2nc(=O)n(c(=O)n2Cc2ccc(F)c(C#N)c2)-c2cncc4cccc(c24)CCC(=O)NCC5)cc2cccc(c12)CCCCC(=O)NC3. The Kier molecular flexibility index (Phi) is 15.8. The molecule has 0 radical (unpaired) electrons. The molecular weight excluding hydrogens is 1270 g/mol. The van der Waals surface area contributed by atoms with Gasteiger partial charge in [0.05, 0.1) is 63.0 Å². The van der Waals surface area contributed by atoms with Crippen molar-refractivity contribution in [2.75, 3.05) is 17.2 Å². The van der Waals surface area contributed by atoms with Crippen LogP contribution in [0, 0.1) is 34.6 Å². The van der Waals surface area contributed by atoms with E-state index in [2.05, 4.69) is 41.3 Å². The fourth-order valence-corrected chi connectivity index (χ4v) is 13.1. The molecular formula is C66H50Cl2F4N17O6+. The van der Waals surface area contributed by atoms with Crippen LogP contribution in [-0.2, 0) is 62.2 Å². The lowest BCUT2D eigenvalue weighted by Crippen LogP contribution is -2.44. The molecule has 2 amide bonds. The van der Waals surface area contributed by atoms with Gasteiger partial charge in [0.2, 0.25) is 30.4 Å². The third kappa shape index (κ3) is 11.4. The van der Waals surface area contributed by atoms with Crippen molar-refractivity contribution in [3.63, 3.8) is 0 Å². The number of rotatable bonds is 6. The molecule has 95 heavy (non-hydrogen) atoms. The van der Waals surface area contributed by atoms with Gasteiger partial charge in [-0.3, -0.25) is 28.4 Å². The number of amides is 2. The highest BCUT2D eigenvalue weighted by atomic mass is 35.5. The number of halogens is 6. The van der Waals surface area contributed by atoms with Crippen molar-refractivity contribution >= 4 is 102 Å². The highest BCUT2D eigenvalue weighted by Crippen LogP contribution is 2.38. The molecule has 0 spiro atoms. The summed E-state index contributed by atoms with van der Waals surface area (Å²) < 4.78 is 68.0. The zero-order valence-electron chi connectivity index (χ0n) is 50.0. The van der Waals surface area contributed by atoms with Gasteiger partial charge in [0.1, 0.15) is 17.6 Å². The highest BCUT2D eigenvalue weighted by molar-refractivity contribution is 6.35. The number of fused-ring (bicyclic) bond motifs is 17. The second kappa shape index (κ2) is 24.6. The molecule has 0 atom stereocenters. The number of nitrogens with zero attached hydrogens (tertiary/aromatic N) is 13. The number of hydrogen-bond donors (Lipinski definition) is 4. The fraction of sp³-hybridized carbons (Fsp3) is 0.197. The first kappa shape index (κ1) is 61.2. The van der Waals surface area contributed by atoms with Gasteiger partial charge in [-0.25, -0.2) is 50.6 Å². The number of benzene rings is 6. The summed E-state index contributed by atoms with van der Waals surface area (Å²) in [7, 11) is 1.69. The Hall–Kier alpha value is -11.4. The summed E-state index contributed by atoms with van der Waals surface area (Å²) in [5, 5.41) is 34.6. The molecule has 23 nitrogen and oxygen atoms in total. The lowest BCUT2D eigenvalue weighted by molar-refractivity contribution is -0.701. The minimum Gasteiger partial charge on any atom is -0.356 e. The molecule has 29 heteroatoms. The quantitative estimate of drug-likeness (QED) is 0.0696. The molecule has 476 valence electrons. The van der Waals surface area contributed by atoms with Crippen molar-refractivity contribution in [3.8, 4) is 17.4 Å². The van der Waals surface area contributed by atoms with Crippen LogP contribution in [0.15, 0.2) is 135 Å². The van der Waals surface area contributed by atoms with Gasteiger partial charge in [0, 0.05) is 89.5 Å². The maximum Gasteiger partial charge on any atom is 0.359 e. The number of nitrogens with one attached hydrogen (secondary N) is 4. The van der Waals surface area contributed by atoms with Gasteiger partial charge in [-0.1, -0.05) is 59.6 Å². The van der Waals surface area contributed by atoms with Crippen molar-refractivity contribution in [3.05, 3.63) is 230 Å². The van der Waals surface area contributed by atoms with E-state index in [9.17, 15) is 28.4 Å². The molecule has 4 aliphatic heterocycles. The summed E-state index contributed by atoms with van der Waals surface area (Å²) in [6, 6.07) is 20.9. The molecule has 6 aromatic heterocycles. The van der Waals surface area contributed by atoms with Gasteiger partial charge in [0.25, 0.3) is 0 Å². The predicted octanol–water partition coefficient (Wildman–Crippen LogP) is 8.10. The van der Waals surface area contributed by atoms with E-state index in [1.54, 1.807) is 88.2 Å². The molecule has 0 aliphatic carbocycles. The van der Waals surface area contributed by atoms with E-state index in [1.807, 2.05) is 12.1 Å². The molecule has 12 aromatic rings. The molecule has 6 aromatic carbocycles. The smallest absolute Gasteiger partial charge is 0.356 e. The third-order valence-electron chi connectivity index (χ3n) is 16.9. The second-order valence-corrected chi connectivity index (χ2v) is 23.9. The van der Waals surface area contributed by atoms with Crippen LogP contribution in [0.25, 0.3) is 54.7 Å². The van der Waals surface area contributed by atoms with E-state index in [0.717, 1.165) is 36.5 Å². The zero-order chi connectivity index (χ0) is 66.1. The Labute approximate surface area is 542 Å². The Bertz CT molecular complexity index is 5550. The molecule has 4 bridgehead atoms. The van der Waals surface area contributed by atoms with Crippen LogP contribution in [0.1, 0.15) is 64.6 Å². The van der Waals surface area contributed by atoms with Gasteiger partial charge < -0.3 is 21.3 Å². The van der Waals surface area contributed by atoms with E-state index in [0.29, 0.717) is 90.4 Å². The topological polar surface area (TPSA) is 272 Å². The minimum absolute atomic E-state index is 0.00652. The molecule has 0 fully saturated rings. The van der Waals surface area contributed by atoms with Gasteiger partial charge in [-0.05, 0) is 102 Å². The van der Waals surface area contributed by atoms with Crippen LogP contribution in [0.3, 0.4) is 0 Å². The minimum atomic E-state index is -1.74. The molecule has 4 N–H and O–H groups in total. The number of carbonyl (C=O) groups excluding carboxylic acids is 2.